The van der Waals surface area contributed by atoms with Crippen LogP contribution in [0.1, 0.15) is 38.8 Å². The van der Waals surface area contributed by atoms with Crippen LogP contribution in [0.15, 0.2) is 40.5 Å². The van der Waals surface area contributed by atoms with Gasteiger partial charge in [0.15, 0.2) is 5.17 Å². The van der Waals surface area contributed by atoms with Crippen LogP contribution < -0.4 is 0 Å². The van der Waals surface area contributed by atoms with Gasteiger partial charge >= 0.3 is 5.97 Å². The number of thioether (sulfide) groups is 1. The van der Waals surface area contributed by atoms with Crippen molar-refractivity contribution in [2.75, 3.05) is 5.75 Å². The maximum atomic E-state index is 14.5. The first kappa shape index (κ1) is 17.7. The maximum Gasteiger partial charge on any atom is 0.338 e. The summed E-state index contributed by atoms with van der Waals surface area (Å²) in [5.74, 6) is -0.600. The monoisotopic (exact) mass is 362 g/mol. The Morgan fingerprint density at radius 1 is 1.40 bits per heavy atom. The van der Waals surface area contributed by atoms with Gasteiger partial charge in [-0.1, -0.05) is 30.0 Å². The van der Waals surface area contributed by atoms with Crippen molar-refractivity contribution >= 4 is 28.8 Å². The molecule has 2 heterocycles. The topological polar surface area (TPSA) is 59.0 Å². The van der Waals surface area contributed by atoms with Crippen LogP contribution in [0.2, 0.25) is 0 Å². The largest absolute Gasteiger partial charge is 0.459 e. The molecule has 2 aliphatic rings. The Morgan fingerprint density at radius 3 is 2.80 bits per heavy atom. The summed E-state index contributed by atoms with van der Waals surface area (Å²) in [5, 5.41) is 0.503. The van der Waals surface area contributed by atoms with Crippen molar-refractivity contribution in [3.05, 3.63) is 46.9 Å². The number of allylic oxidation sites excluding steroid dienone is 1. The van der Waals surface area contributed by atoms with Gasteiger partial charge in [0, 0.05) is 17.7 Å². The molecule has 25 heavy (non-hydrogen) atoms. The van der Waals surface area contributed by atoms with E-state index in [0.29, 0.717) is 23.0 Å². The Kier molecular flexibility index (Phi) is 4.94. The maximum absolute atomic E-state index is 14.5. The molecule has 0 saturated carbocycles. The molecule has 7 heteroatoms. The summed E-state index contributed by atoms with van der Waals surface area (Å²) >= 11 is 1.43. The molecule has 0 bridgehead atoms. The number of amides is 1. The number of aliphatic imine (C=N–C) groups is 1. The van der Waals surface area contributed by atoms with Gasteiger partial charge in [0.25, 0.3) is 0 Å². The summed E-state index contributed by atoms with van der Waals surface area (Å²) < 4.78 is 19.9. The van der Waals surface area contributed by atoms with Crippen LogP contribution in [0.25, 0.3) is 0 Å². The van der Waals surface area contributed by atoms with Gasteiger partial charge in [-0.3, -0.25) is 9.69 Å². The number of halogens is 1. The number of carbonyl (C=O) groups excluding carboxylic acids is 2. The van der Waals surface area contributed by atoms with Crippen LogP contribution in [-0.4, -0.2) is 33.8 Å². The Morgan fingerprint density at radius 2 is 2.12 bits per heavy atom. The van der Waals surface area contributed by atoms with E-state index < -0.39 is 17.8 Å². The summed E-state index contributed by atoms with van der Waals surface area (Å²) in [6.45, 7) is 5.17. The fraction of sp³-hybridized carbons (Fsp3) is 0.389. The van der Waals surface area contributed by atoms with Gasteiger partial charge in [-0.25, -0.2) is 14.2 Å². The molecule has 1 amide bonds. The van der Waals surface area contributed by atoms with E-state index in [2.05, 4.69) is 4.99 Å². The van der Waals surface area contributed by atoms with Crippen molar-refractivity contribution in [2.24, 2.45) is 4.99 Å². The molecule has 1 atom stereocenters. The second kappa shape index (κ2) is 7.00. The number of esters is 1. The molecule has 0 aliphatic carbocycles. The van der Waals surface area contributed by atoms with Crippen molar-refractivity contribution in [1.82, 2.24) is 4.90 Å². The second-order valence-corrected chi connectivity index (χ2v) is 7.20. The first-order valence-corrected chi connectivity index (χ1v) is 9.08. The highest BCUT2D eigenvalue weighted by molar-refractivity contribution is 8.14. The number of benzene rings is 1. The molecule has 1 aromatic rings. The lowest BCUT2D eigenvalue weighted by Crippen LogP contribution is -2.46. The Balaban J connectivity index is 2.17. The lowest BCUT2D eigenvalue weighted by Gasteiger charge is -2.39. The van der Waals surface area contributed by atoms with Gasteiger partial charge in [0.1, 0.15) is 11.9 Å². The molecule has 0 N–H and O–H groups in total. The molecule has 1 aromatic carbocycles. The minimum absolute atomic E-state index is 0.173. The van der Waals surface area contributed by atoms with Crippen LogP contribution in [0.4, 0.5) is 4.39 Å². The van der Waals surface area contributed by atoms with Gasteiger partial charge in [0.05, 0.1) is 17.4 Å². The average molecular weight is 362 g/mol. The van der Waals surface area contributed by atoms with E-state index in [1.165, 1.54) is 22.7 Å². The van der Waals surface area contributed by atoms with Crippen LogP contribution in [0, 0.1) is 5.82 Å². The van der Waals surface area contributed by atoms with Gasteiger partial charge in [-0.05, 0) is 26.8 Å². The van der Waals surface area contributed by atoms with Crippen LogP contribution >= 0.6 is 11.8 Å². The first-order chi connectivity index (χ1) is 11.9. The molecule has 132 valence electrons. The molecule has 1 unspecified atom stereocenters. The van der Waals surface area contributed by atoms with Crippen LogP contribution in [0.3, 0.4) is 0 Å². The predicted molar refractivity (Wildman–Crippen MR) is 94.4 cm³/mol. The van der Waals surface area contributed by atoms with Crippen molar-refractivity contribution in [1.29, 1.82) is 0 Å². The molecule has 1 fully saturated rings. The van der Waals surface area contributed by atoms with E-state index in [1.54, 1.807) is 39.0 Å². The minimum atomic E-state index is -0.861. The average Bonchev–Trinajstić information content (AvgIpc) is 2.53. The Labute approximate surface area is 149 Å². The number of rotatable bonds is 3. The van der Waals surface area contributed by atoms with Crippen molar-refractivity contribution in [3.63, 3.8) is 0 Å². The molecular weight excluding hydrogens is 343 g/mol. The normalized spacial score (nSPS) is 20.5. The van der Waals surface area contributed by atoms with E-state index in [9.17, 15) is 14.0 Å². The van der Waals surface area contributed by atoms with Crippen LogP contribution in [-0.2, 0) is 14.3 Å². The lowest BCUT2D eigenvalue weighted by molar-refractivity contribution is -0.143. The summed E-state index contributed by atoms with van der Waals surface area (Å²) in [5.41, 5.74) is 0.923. The second-order valence-electron chi connectivity index (χ2n) is 6.13. The number of nitrogens with zero attached hydrogens (tertiary/aromatic N) is 2. The third kappa shape index (κ3) is 3.33. The Bertz CT molecular complexity index is 788. The predicted octanol–water partition coefficient (Wildman–Crippen LogP) is 3.43. The fourth-order valence-electron chi connectivity index (χ4n) is 2.93. The summed E-state index contributed by atoms with van der Waals surface area (Å²) in [6.07, 6.45) is -0.00825. The van der Waals surface area contributed by atoms with E-state index in [1.807, 2.05) is 0 Å². The summed E-state index contributed by atoms with van der Waals surface area (Å²) in [4.78, 5) is 31.1. The molecule has 0 aromatic heterocycles. The van der Waals surface area contributed by atoms with Crippen molar-refractivity contribution in [2.45, 2.75) is 39.3 Å². The highest BCUT2D eigenvalue weighted by Gasteiger charge is 2.42. The number of hydrogen-bond acceptors (Lipinski definition) is 5. The molecule has 0 spiro atoms. The third-order valence-corrected chi connectivity index (χ3v) is 4.92. The van der Waals surface area contributed by atoms with Crippen LogP contribution in [0.5, 0.6) is 0 Å². The fourth-order valence-corrected chi connectivity index (χ4v) is 3.93. The number of ether oxygens (including phenoxy) is 1. The lowest BCUT2D eigenvalue weighted by atomic mass is 9.93. The molecular formula is C18H19FN2O3S. The number of fused-ring (bicyclic) bond motifs is 1. The van der Waals surface area contributed by atoms with E-state index in [4.69, 9.17) is 4.74 Å². The highest BCUT2D eigenvalue weighted by atomic mass is 32.2. The number of hydrogen-bond donors (Lipinski definition) is 0. The molecule has 3 rings (SSSR count). The van der Waals surface area contributed by atoms with E-state index >= 15 is 0 Å². The quantitative estimate of drug-likeness (QED) is 0.773. The van der Waals surface area contributed by atoms with E-state index in [0.717, 1.165) is 0 Å². The summed E-state index contributed by atoms with van der Waals surface area (Å²) in [7, 11) is 0. The van der Waals surface area contributed by atoms with Gasteiger partial charge < -0.3 is 4.74 Å². The smallest absolute Gasteiger partial charge is 0.338 e. The summed E-state index contributed by atoms with van der Waals surface area (Å²) in [6, 6.07) is 5.31. The van der Waals surface area contributed by atoms with Gasteiger partial charge in [-0.2, -0.15) is 0 Å². The molecule has 0 radical (unpaired) electrons. The highest BCUT2D eigenvalue weighted by Crippen LogP contribution is 2.41. The SMILES string of the molecule is CC1=C(C(=O)OC(C)C)C(c2ccccc2F)N2C(=O)CCSC2=N1. The zero-order valence-electron chi connectivity index (χ0n) is 14.3. The number of carbonyl (C=O) groups is 2. The van der Waals surface area contributed by atoms with Gasteiger partial charge in [-0.15, -0.1) is 0 Å². The van der Waals surface area contributed by atoms with Crippen molar-refractivity contribution in [3.8, 4) is 0 Å². The third-order valence-electron chi connectivity index (χ3n) is 3.97. The van der Waals surface area contributed by atoms with Crippen molar-refractivity contribution < 1.29 is 18.7 Å². The zero-order valence-corrected chi connectivity index (χ0v) is 15.1. The molecule has 2 aliphatic heterocycles. The molecule has 5 nitrogen and oxygen atoms in total. The molecule has 1 saturated heterocycles. The van der Waals surface area contributed by atoms with E-state index in [-0.39, 0.29) is 23.1 Å². The first-order valence-electron chi connectivity index (χ1n) is 8.10. The standard InChI is InChI=1S/C18H19FN2O3S/c1-10(2)24-17(23)15-11(3)20-18-21(14(22)8-9-25-18)16(15)12-6-4-5-7-13(12)19/h4-7,10,16H,8-9H2,1-3H3. The Hall–Kier alpha value is -2.15. The number of amidine groups is 1. The van der Waals surface area contributed by atoms with Gasteiger partial charge in [0.2, 0.25) is 5.91 Å². The minimum Gasteiger partial charge on any atom is -0.459 e. The zero-order chi connectivity index (χ0) is 18.1.